The lowest BCUT2D eigenvalue weighted by Crippen LogP contribution is -2.10. The zero-order valence-corrected chi connectivity index (χ0v) is 30.6. The summed E-state index contributed by atoms with van der Waals surface area (Å²) in [5, 5.41) is 7.82. The number of aromatic nitrogens is 1. The third-order valence-electron chi connectivity index (χ3n) is 11.5. The van der Waals surface area contributed by atoms with E-state index in [1.165, 1.54) is 86.1 Å². The molecule has 11 aromatic rings. The molecule has 0 radical (unpaired) electrons. The van der Waals surface area contributed by atoms with Crippen molar-refractivity contribution in [3.8, 4) is 39.1 Å². The van der Waals surface area contributed by atoms with E-state index in [4.69, 9.17) is 0 Å². The molecule has 0 fully saturated rings. The first-order chi connectivity index (χ1) is 27.3. The fourth-order valence-corrected chi connectivity index (χ4v) is 10.2. The molecule has 0 spiro atoms. The molecular weight excluding hydrogens is 685 g/mol. The van der Waals surface area contributed by atoms with Gasteiger partial charge in [0.25, 0.3) is 0 Å². The van der Waals surface area contributed by atoms with Gasteiger partial charge >= 0.3 is 0 Å². The average Bonchev–Trinajstić information content (AvgIpc) is 3.90. The highest BCUT2D eigenvalue weighted by atomic mass is 32.1. The third kappa shape index (κ3) is 4.60. The maximum absolute atomic E-state index is 2.42. The van der Waals surface area contributed by atoms with Crippen LogP contribution in [0.25, 0.3) is 91.8 Å². The Morgan fingerprint density at radius 1 is 0.364 bits per heavy atom. The van der Waals surface area contributed by atoms with E-state index in [0.29, 0.717) is 0 Å². The first kappa shape index (κ1) is 30.5. The molecule has 2 heterocycles. The molecule has 2 aromatic heterocycles. The predicted molar refractivity (Wildman–Crippen MR) is 236 cm³/mol. The number of fused-ring (bicyclic) bond motifs is 9. The highest BCUT2D eigenvalue weighted by Crippen LogP contribution is 2.50. The summed E-state index contributed by atoms with van der Waals surface area (Å²) in [6, 6.07) is 71.5. The van der Waals surface area contributed by atoms with Crippen molar-refractivity contribution in [1.29, 1.82) is 0 Å². The van der Waals surface area contributed by atoms with Crippen LogP contribution in [0.15, 0.2) is 194 Å². The molecule has 12 rings (SSSR count). The number of thiophene rings is 1. The van der Waals surface area contributed by atoms with Crippen LogP contribution in [0.1, 0.15) is 0 Å². The Labute approximate surface area is 322 Å². The molecule has 0 saturated carbocycles. The van der Waals surface area contributed by atoms with E-state index in [1.807, 2.05) is 11.3 Å². The topological polar surface area (TPSA) is 8.17 Å². The standard InChI is InChI=1S/C52H32N2S/c1-4-16-48-41(11-1)42-12-2-5-17-49(42)54(48)37-25-21-34(22-26-37)33-19-23-36(24-20-33)53(39-28-30-44-43-13-3-6-18-50(43)55-51(44)32-39)38-27-29-40-45-14-7-9-35-10-8-15-46(52(35)45)47(40)31-38/h1-32H. The molecule has 9 aromatic carbocycles. The van der Waals surface area contributed by atoms with E-state index in [-0.39, 0.29) is 0 Å². The quantitative estimate of drug-likeness (QED) is 0.172. The van der Waals surface area contributed by atoms with Crippen molar-refractivity contribution < 1.29 is 0 Å². The molecule has 0 aliphatic heterocycles. The van der Waals surface area contributed by atoms with Crippen molar-refractivity contribution in [3.05, 3.63) is 194 Å². The summed E-state index contributed by atoms with van der Waals surface area (Å²) in [6.45, 7) is 0. The SMILES string of the molecule is c1cc2c3c(cccc3c1)-c1cc(N(c3ccc(-c4ccc(-n5c6ccccc6c6ccccc65)cc4)cc3)c3ccc4c(c3)sc3ccccc34)ccc1-2. The minimum absolute atomic E-state index is 1.12. The molecule has 55 heavy (non-hydrogen) atoms. The summed E-state index contributed by atoms with van der Waals surface area (Å²) in [4.78, 5) is 2.42. The minimum atomic E-state index is 1.12. The van der Waals surface area contributed by atoms with E-state index in [9.17, 15) is 0 Å². The number of hydrogen-bond donors (Lipinski definition) is 0. The first-order valence-electron chi connectivity index (χ1n) is 18.8. The van der Waals surface area contributed by atoms with Crippen LogP contribution in [-0.4, -0.2) is 4.57 Å². The largest absolute Gasteiger partial charge is 0.310 e. The van der Waals surface area contributed by atoms with E-state index >= 15 is 0 Å². The van der Waals surface area contributed by atoms with Crippen LogP contribution in [0.3, 0.4) is 0 Å². The lowest BCUT2D eigenvalue weighted by atomic mass is 10.0. The normalized spacial score (nSPS) is 12.0. The summed E-state index contributed by atoms with van der Waals surface area (Å²) >= 11 is 1.86. The Balaban J connectivity index is 0.959. The second-order valence-electron chi connectivity index (χ2n) is 14.5. The summed E-state index contributed by atoms with van der Waals surface area (Å²) in [5.74, 6) is 0. The first-order valence-corrected chi connectivity index (χ1v) is 19.7. The zero-order valence-electron chi connectivity index (χ0n) is 29.8. The summed E-state index contributed by atoms with van der Waals surface area (Å²) in [6.07, 6.45) is 0. The molecule has 1 aliphatic carbocycles. The fourth-order valence-electron chi connectivity index (χ4n) is 9.03. The summed E-state index contributed by atoms with van der Waals surface area (Å²) in [7, 11) is 0. The van der Waals surface area contributed by atoms with Gasteiger partial charge in [-0.3, -0.25) is 0 Å². The summed E-state index contributed by atoms with van der Waals surface area (Å²) < 4.78 is 4.98. The predicted octanol–water partition coefficient (Wildman–Crippen LogP) is 15.1. The van der Waals surface area contributed by atoms with Gasteiger partial charge in [-0.15, -0.1) is 11.3 Å². The van der Waals surface area contributed by atoms with E-state index < -0.39 is 0 Å². The molecule has 0 saturated heterocycles. The van der Waals surface area contributed by atoms with Gasteiger partial charge in [-0.25, -0.2) is 0 Å². The van der Waals surface area contributed by atoms with E-state index in [2.05, 4.69) is 204 Å². The smallest absolute Gasteiger partial charge is 0.0541 e. The highest BCUT2D eigenvalue weighted by Gasteiger charge is 2.23. The number of nitrogens with zero attached hydrogens (tertiary/aromatic N) is 2. The van der Waals surface area contributed by atoms with Gasteiger partial charge in [0, 0.05) is 53.7 Å². The van der Waals surface area contributed by atoms with Crippen molar-refractivity contribution in [3.63, 3.8) is 0 Å². The van der Waals surface area contributed by atoms with Crippen molar-refractivity contribution in [2.24, 2.45) is 0 Å². The van der Waals surface area contributed by atoms with Crippen LogP contribution >= 0.6 is 11.3 Å². The van der Waals surface area contributed by atoms with Gasteiger partial charge in [-0.05, 0) is 111 Å². The minimum Gasteiger partial charge on any atom is -0.310 e. The molecule has 2 nitrogen and oxygen atoms in total. The Kier molecular flexibility index (Phi) is 6.54. The third-order valence-corrected chi connectivity index (χ3v) is 12.7. The molecule has 0 N–H and O–H groups in total. The van der Waals surface area contributed by atoms with Gasteiger partial charge in [0.05, 0.1) is 11.0 Å². The zero-order chi connectivity index (χ0) is 36.0. The number of rotatable bonds is 5. The van der Waals surface area contributed by atoms with Gasteiger partial charge in [-0.1, -0.05) is 127 Å². The Morgan fingerprint density at radius 2 is 0.927 bits per heavy atom. The molecule has 3 heteroatoms. The number of hydrogen-bond acceptors (Lipinski definition) is 2. The molecule has 0 amide bonds. The van der Waals surface area contributed by atoms with Gasteiger partial charge in [0.15, 0.2) is 0 Å². The van der Waals surface area contributed by atoms with Crippen LogP contribution in [0, 0.1) is 0 Å². The van der Waals surface area contributed by atoms with E-state index in [1.54, 1.807) is 0 Å². The van der Waals surface area contributed by atoms with Gasteiger partial charge in [0.2, 0.25) is 0 Å². The maximum atomic E-state index is 2.42. The highest BCUT2D eigenvalue weighted by molar-refractivity contribution is 7.25. The lowest BCUT2D eigenvalue weighted by Gasteiger charge is -2.26. The monoisotopic (exact) mass is 716 g/mol. The second kappa shape index (κ2) is 11.8. The van der Waals surface area contributed by atoms with Crippen LogP contribution < -0.4 is 4.90 Å². The van der Waals surface area contributed by atoms with Gasteiger partial charge in [-0.2, -0.15) is 0 Å². The van der Waals surface area contributed by atoms with Crippen LogP contribution in [0.2, 0.25) is 0 Å². The van der Waals surface area contributed by atoms with Crippen molar-refractivity contribution in [2.75, 3.05) is 4.90 Å². The molecule has 0 bridgehead atoms. The van der Waals surface area contributed by atoms with Gasteiger partial charge < -0.3 is 9.47 Å². The molecule has 0 atom stereocenters. The van der Waals surface area contributed by atoms with Gasteiger partial charge in [0.1, 0.15) is 0 Å². The van der Waals surface area contributed by atoms with Crippen LogP contribution in [0.5, 0.6) is 0 Å². The average molecular weight is 717 g/mol. The molecular formula is C52H32N2S. The second-order valence-corrected chi connectivity index (χ2v) is 15.6. The van der Waals surface area contributed by atoms with Crippen LogP contribution in [-0.2, 0) is 0 Å². The van der Waals surface area contributed by atoms with Crippen molar-refractivity contribution in [1.82, 2.24) is 4.57 Å². The molecule has 0 unspecified atom stereocenters. The number of benzene rings is 9. The van der Waals surface area contributed by atoms with E-state index in [0.717, 1.165) is 22.7 Å². The molecule has 1 aliphatic rings. The lowest BCUT2D eigenvalue weighted by molar-refractivity contribution is 1.18. The van der Waals surface area contributed by atoms with Crippen LogP contribution in [0.4, 0.5) is 17.1 Å². The number of para-hydroxylation sites is 2. The van der Waals surface area contributed by atoms with Crippen molar-refractivity contribution >= 4 is 81.1 Å². The Morgan fingerprint density at radius 3 is 1.65 bits per heavy atom. The Bertz CT molecular complexity index is 3250. The summed E-state index contributed by atoms with van der Waals surface area (Å²) in [5.41, 5.74) is 14.6. The number of anilines is 3. The maximum Gasteiger partial charge on any atom is 0.0541 e. The fraction of sp³-hybridized carbons (Fsp3) is 0. The Hall–Kier alpha value is -6.94. The molecule has 256 valence electrons. The van der Waals surface area contributed by atoms with Crippen molar-refractivity contribution in [2.45, 2.75) is 0 Å².